The van der Waals surface area contributed by atoms with E-state index in [1.807, 2.05) is 19.9 Å². The van der Waals surface area contributed by atoms with E-state index in [1.54, 1.807) is 12.5 Å². The minimum atomic E-state index is 0.968. The van der Waals surface area contributed by atoms with Crippen LogP contribution in [0.1, 0.15) is 11.4 Å². The highest BCUT2D eigenvalue weighted by Gasteiger charge is 1.99. The number of fused-ring (bicyclic) bond motifs is 1. The molecule has 0 N–H and O–H groups in total. The van der Waals surface area contributed by atoms with Crippen LogP contribution in [0.15, 0.2) is 18.6 Å². The molecule has 0 aromatic carbocycles. The van der Waals surface area contributed by atoms with Gasteiger partial charge in [-0.1, -0.05) is 0 Å². The SMILES string of the molecule is Cc1cc2ncncc2c(C)n1. The number of aromatic nitrogens is 3. The van der Waals surface area contributed by atoms with E-state index >= 15 is 0 Å². The van der Waals surface area contributed by atoms with E-state index in [4.69, 9.17) is 0 Å². The molecule has 0 radical (unpaired) electrons. The van der Waals surface area contributed by atoms with Crippen LogP contribution in [0.3, 0.4) is 0 Å². The number of rotatable bonds is 0. The zero-order chi connectivity index (χ0) is 8.55. The van der Waals surface area contributed by atoms with Crippen LogP contribution in [-0.2, 0) is 0 Å². The van der Waals surface area contributed by atoms with E-state index in [0.717, 1.165) is 22.3 Å². The van der Waals surface area contributed by atoms with Crippen LogP contribution < -0.4 is 0 Å². The summed E-state index contributed by atoms with van der Waals surface area (Å²) in [6.45, 7) is 3.94. The van der Waals surface area contributed by atoms with E-state index in [-0.39, 0.29) is 0 Å². The highest BCUT2D eigenvalue weighted by atomic mass is 14.8. The normalized spacial score (nSPS) is 10.5. The summed E-state index contributed by atoms with van der Waals surface area (Å²) in [4.78, 5) is 12.4. The fourth-order valence-corrected chi connectivity index (χ4v) is 1.29. The van der Waals surface area contributed by atoms with E-state index in [9.17, 15) is 0 Å². The van der Waals surface area contributed by atoms with Crippen molar-refractivity contribution >= 4 is 10.9 Å². The molecule has 3 nitrogen and oxygen atoms in total. The first-order valence-electron chi connectivity index (χ1n) is 3.81. The van der Waals surface area contributed by atoms with Gasteiger partial charge in [0.1, 0.15) is 6.33 Å². The van der Waals surface area contributed by atoms with Crippen molar-refractivity contribution in [1.82, 2.24) is 15.0 Å². The lowest BCUT2D eigenvalue weighted by atomic mass is 10.2. The average Bonchev–Trinajstić information content (AvgIpc) is 2.04. The van der Waals surface area contributed by atoms with Crippen LogP contribution in [0, 0.1) is 13.8 Å². The van der Waals surface area contributed by atoms with Crippen LogP contribution in [-0.4, -0.2) is 15.0 Å². The van der Waals surface area contributed by atoms with Crippen molar-refractivity contribution in [3.05, 3.63) is 30.0 Å². The van der Waals surface area contributed by atoms with Crippen LogP contribution in [0.25, 0.3) is 10.9 Å². The second-order valence-electron chi connectivity index (χ2n) is 2.80. The fourth-order valence-electron chi connectivity index (χ4n) is 1.29. The summed E-state index contributed by atoms with van der Waals surface area (Å²) < 4.78 is 0. The summed E-state index contributed by atoms with van der Waals surface area (Å²) in [5.74, 6) is 0. The molecule has 0 bridgehead atoms. The first-order valence-corrected chi connectivity index (χ1v) is 3.81. The van der Waals surface area contributed by atoms with Gasteiger partial charge >= 0.3 is 0 Å². The third kappa shape index (κ3) is 1.03. The molecular formula is C9H9N3. The van der Waals surface area contributed by atoms with Gasteiger partial charge in [-0.05, 0) is 19.9 Å². The number of hydrogen-bond acceptors (Lipinski definition) is 3. The quantitative estimate of drug-likeness (QED) is 0.586. The van der Waals surface area contributed by atoms with Crippen LogP contribution in [0.4, 0.5) is 0 Å². The van der Waals surface area contributed by atoms with Crippen LogP contribution in [0.2, 0.25) is 0 Å². The molecule has 0 atom stereocenters. The van der Waals surface area contributed by atoms with E-state index in [1.165, 1.54) is 0 Å². The third-order valence-corrected chi connectivity index (χ3v) is 1.82. The number of aryl methyl sites for hydroxylation is 2. The lowest BCUT2D eigenvalue weighted by Crippen LogP contribution is -1.90. The van der Waals surface area contributed by atoms with Crippen molar-refractivity contribution < 1.29 is 0 Å². The van der Waals surface area contributed by atoms with E-state index in [0.29, 0.717) is 0 Å². The lowest BCUT2D eigenvalue weighted by Gasteiger charge is -2.00. The third-order valence-electron chi connectivity index (χ3n) is 1.82. The minimum absolute atomic E-state index is 0.968. The maximum Gasteiger partial charge on any atom is 0.116 e. The second-order valence-corrected chi connectivity index (χ2v) is 2.80. The highest BCUT2D eigenvalue weighted by Crippen LogP contribution is 2.13. The number of hydrogen-bond donors (Lipinski definition) is 0. The van der Waals surface area contributed by atoms with Gasteiger partial charge in [-0.25, -0.2) is 9.97 Å². The smallest absolute Gasteiger partial charge is 0.116 e. The van der Waals surface area contributed by atoms with Crippen molar-refractivity contribution in [1.29, 1.82) is 0 Å². The van der Waals surface area contributed by atoms with E-state index < -0.39 is 0 Å². The Kier molecular flexibility index (Phi) is 1.50. The average molecular weight is 159 g/mol. The summed E-state index contributed by atoms with van der Waals surface area (Å²) in [6, 6.07) is 1.96. The van der Waals surface area contributed by atoms with Gasteiger partial charge in [0.2, 0.25) is 0 Å². The monoisotopic (exact) mass is 159 g/mol. The fraction of sp³-hybridized carbons (Fsp3) is 0.222. The highest BCUT2D eigenvalue weighted by molar-refractivity contribution is 5.79. The predicted molar refractivity (Wildman–Crippen MR) is 46.8 cm³/mol. The molecule has 12 heavy (non-hydrogen) atoms. The molecule has 0 aliphatic carbocycles. The Morgan fingerprint density at radius 2 is 2.08 bits per heavy atom. The van der Waals surface area contributed by atoms with Gasteiger partial charge in [-0.3, -0.25) is 4.98 Å². The van der Waals surface area contributed by atoms with Gasteiger partial charge in [0, 0.05) is 23.0 Å². The van der Waals surface area contributed by atoms with Crippen molar-refractivity contribution in [2.45, 2.75) is 13.8 Å². The molecule has 2 heterocycles. The van der Waals surface area contributed by atoms with Crippen molar-refractivity contribution in [2.24, 2.45) is 0 Å². The molecule has 2 aromatic rings. The molecule has 2 rings (SSSR count). The zero-order valence-electron chi connectivity index (χ0n) is 7.07. The maximum atomic E-state index is 4.32. The molecule has 0 unspecified atom stereocenters. The molecule has 0 fully saturated rings. The molecular weight excluding hydrogens is 150 g/mol. The standard InChI is InChI=1S/C9H9N3/c1-6-3-9-8(7(2)12-6)4-10-5-11-9/h3-5H,1-2H3. The second kappa shape index (κ2) is 2.52. The molecule has 0 amide bonds. The molecule has 0 aliphatic heterocycles. The first kappa shape index (κ1) is 7.16. The largest absolute Gasteiger partial charge is 0.258 e. The Bertz CT molecular complexity index is 423. The summed E-state index contributed by atoms with van der Waals surface area (Å²) in [7, 11) is 0. The minimum Gasteiger partial charge on any atom is -0.258 e. The Labute approximate surface area is 70.5 Å². The maximum absolute atomic E-state index is 4.32. The molecule has 0 spiro atoms. The Morgan fingerprint density at radius 3 is 2.92 bits per heavy atom. The first-order chi connectivity index (χ1) is 5.77. The van der Waals surface area contributed by atoms with Gasteiger partial charge in [0.15, 0.2) is 0 Å². The topological polar surface area (TPSA) is 38.7 Å². The summed E-state index contributed by atoms with van der Waals surface area (Å²) >= 11 is 0. The van der Waals surface area contributed by atoms with Gasteiger partial charge in [-0.15, -0.1) is 0 Å². The van der Waals surface area contributed by atoms with Crippen molar-refractivity contribution in [2.75, 3.05) is 0 Å². The summed E-state index contributed by atoms with van der Waals surface area (Å²) in [5.41, 5.74) is 2.96. The van der Waals surface area contributed by atoms with Crippen LogP contribution in [0.5, 0.6) is 0 Å². The van der Waals surface area contributed by atoms with E-state index in [2.05, 4.69) is 15.0 Å². The number of nitrogens with zero attached hydrogens (tertiary/aromatic N) is 3. The van der Waals surface area contributed by atoms with Gasteiger partial charge in [-0.2, -0.15) is 0 Å². The van der Waals surface area contributed by atoms with Gasteiger partial charge in [0.25, 0.3) is 0 Å². The molecule has 0 saturated carbocycles. The zero-order valence-corrected chi connectivity index (χ0v) is 7.07. The summed E-state index contributed by atoms with van der Waals surface area (Å²) in [5, 5.41) is 1.03. The lowest BCUT2D eigenvalue weighted by molar-refractivity contribution is 1.12. The van der Waals surface area contributed by atoms with Gasteiger partial charge in [0.05, 0.1) is 5.52 Å². The molecule has 60 valence electrons. The predicted octanol–water partition coefficient (Wildman–Crippen LogP) is 1.64. The number of pyridine rings is 1. The van der Waals surface area contributed by atoms with Gasteiger partial charge < -0.3 is 0 Å². The molecule has 0 saturated heterocycles. The Morgan fingerprint density at radius 1 is 1.25 bits per heavy atom. The molecule has 0 aliphatic rings. The molecule has 3 heteroatoms. The summed E-state index contributed by atoms with van der Waals surface area (Å²) in [6.07, 6.45) is 3.35. The van der Waals surface area contributed by atoms with Crippen molar-refractivity contribution in [3.63, 3.8) is 0 Å². The Balaban J connectivity index is 2.89. The van der Waals surface area contributed by atoms with Crippen molar-refractivity contribution in [3.8, 4) is 0 Å². The Hall–Kier alpha value is -1.51. The molecule has 2 aromatic heterocycles. The van der Waals surface area contributed by atoms with Crippen LogP contribution >= 0.6 is 0 Å².